The summed E-state index contributed by atoms with van der Waals surface area (Å²) in [5, 5.41) is 4.16. The normalized spacial score (nSPS) is 10.9. The first-order valence-corrected chi connectivity index (χ1v) is 8.80. The minimum absolute atomic E-state index is 0.0387. The van der Waals surface area contributed by atoms with E-state index in [0.29, 0.717) is 5.69 Å². The fourth-order valence-corrected chi connectivity index (χ4v) is 2.96. The van der Waals surface area contributed by atoms with Gasteiger partial charge >= 0.3 is 0 Å². The van der Waals surface area contributed by atoms with Crippen LogP contribution in [0.25, 0.3) is 5.69 Å². The molecule has 0 aliphatic rings. The first kappa shape index (κ1) is 19.7. The summed E-state index contributed by atoms with van der Waals surface area (Å²) in [5.74, 6) is -1.63. The number of benzene rings is 2. The van der Waals surface area contributed by atoms with Crippen molar-refractivity contribution in [3.8, 4) is 5.69 Å². The summed E-state index contributed by atoms with van der Waals surface area (Å²) in [4.78, 5) is 26.7. The van der Waals surface area contributed by atoms with Crippen molar-refractivity contribution in [2.75, 3.05) is 4.90 Å². The number of rotatable bonds is 4. The van der Waals surface area contributed by atoms with Gasteiger partial charge in [0.2, 0.25) is 5.43 Å². The Morgan fingerprint density at radius 3 is 2.32 bits per heavy atom. The fourth-order valence-electron chi connectivity index (χ4n) is 2.71. The smallest absolute Gasteiger partial charge is 0.283 e. The van der Waals surface area contributed by atoms with E-state index in [1.807, 2.05) is 0 Å². The minimum atomic E-state index is -0.676. The molecule has 0 bridgehead atoms. The van der Waals surface area contributed by atoms with Crippen LogP contribution >= 0.6 is 11.6 Å². The molecular weight excluding hydrogens is 388 g/mol. The molecule has 0 unspecified atom stereocenters. The third-order valence-corrected chi connectivity index (χ3v) is 4.31. The lowest BCUT2D eigenvalue weighted by Crippen LogP contribution is -2.40. The lowest BCUT2D eigenvalue weighted by Gasteiger charge is -2.27. The molecule has 3 rings (SSSR count). The Morgan fingerprint density at radius 2 is 1.71 bits per heavy atom. The second kappa shape index (κ2) is 7.90. The van der Waals surface area contributed by atoms with Gasteiger partial charge in [0.1, 0.15) is 11.6 Å². The van der Waals surface area contributed by atoms with E-state index < -0.39 is 23.0 Å². The molecule has 5 nitrogen and oxygen atoms in total. The Kier molecular flexibility index (Phi) is 5.56. The van der Waals surface area contributed by atoms with Crippen LogP contribution in [0.5, 0.6) is 0 Å². The number of aromatic nitrogens is 2. The van der Waals surface area contributed by atoms with Crippen molar-refractivity contribution in [2.24, 2.45) is 0 Å². The molecule has 0 saturated carbocycles. The second-order valence-electron chi connectivity index (χ2n) is 6.31. The highest BCUT2D eigenvalue weighted by atomic mass is 35.5. The summed E-state index contributed by atoms with van der Waals surface area (Å²) < 4.78 is 27.8. The quantitative estimate of drug-likeness (QED) is 0.655. The summed E-state index contributed by atoms with van der Waals surface area (Å²) in [6.07, 6.45) is 1.39. The number of anilines is 1. The second-order valence-corrected chi connectivity index (χ2v) is 6.72. The van der Waals surface area contributed by atoms with Gasteiger partial charge in [-0.2, -0.15) is 5.10 Å². The van der Waals surface area contributed by atoms with Crippen LogP contribution in [-0.4, -0.2) is 21.7 Å². The van der Waals surface area contributed by atoms with Crippen molar-refractivity contribution < 1.29 is 13.6 Å². The van der Waals surface area contributed by atoms with E-state index in [4.69, 9.17) is 11.6 Å². The van der Waals surface area contributed by atoms with Gasteiger partial charge in [0.25, 0.3) is 5.91 Å². The largest absolute Gasteiger partial charge is 0.303 e. The third-order valence-electron chi connectivity index (χ3n) is 4.01. The Bertz CT molecular complexity index is 1080. The molecule has 2 aromatic carbocycles. The van der Waals surface area contributed by atoms with Crippen molar-refractivity contribution >= 4 is 23.2 Å². The predicted molar refractivity (Wildman–Crippen MR) is 103 cm³/mol. The monoisotopic (exact) mass is 403 g/mol. The standard InChI is InChI=1S/C20H16ClF2N3O2/c1-12(2)26(17-8-5-14(23)11-16(17)21)20(28)19-18(27)9-10-25(24-19)15-6-3-13(22)4-7-15/h3-12H,1-2H3. The van der Waals surface area contributed by atoms with Gasteiger partial charge in [0.05, 0.1) is 16.4 Å². The molecule has 1 amide bonds. The lowest BCUT2D eigenvalue weighted by molar-refractivity contribution is 0.0972. The summed E-state index contributed by atoms with van der Waals surface area (Å²) in [6, 6.07) is 9.90. The molecule has 3 aromatic rings. The highest BCUT2D eigenvalue weighted by molar-refractivity contribution is 6.34. The average Bonchev–Trinajstić information content (AvgIpc) is 2.64. The van der Waals surface area contributed by atoms with E-state index in [-0.39, 0.29) is 22.4 Å². The van der Waals surface area contributed by atoms with Gasteiger partial charge in [-0.05, 0) is 56.3 Å². The molecule has 0 saturated heterocycles. The third kappa shape index (κ3) is 3.94. The van der Waals surface area contributed by atoms with Crippen molar-refractivity contribution in [1.29, 1.82) is 0 Å². The molecular formula is C20H16ClF2N3O2. The van der Waals surface area contributed by atoms with Crippen LogP contribution in [-0.2, 0) is 0 Å². The molecule has 8 heteroatoms. The van der Waals surface area contributed by atoms with Gasteiger partial charge in [0, 0.05) is 18.3 Å². The zero-order valence-electron chi connectivity index (χ0n) is 15.1. The molecule has 28 heavy (non-hydrogen) atoms. The van der Waals surface area contributed by atoms with Crippen molar-refractivity contribution in [1.82, 2.24) is 9.78 Å². The molecule has 0 spiro atoms. The molecule has 0 aliphatic heterocycles. The van der Waals surface area contributed by atoms with Crippen LogP contribution < -0.4 is 10.3 Å². The topological polar surface area (TPSA) is 55.2 Å². The van der Waals surface area contributed by atoms with Gasteiger partial charge in [-0.1, -0.05) is 11.6 Å². The first-order chi connectivity index (χ1) is 13.3. The van der Waals surface area contributed by atoms with E-state index in [0.717, 1.165) is 6.07 Å². The Balaban J connectivity index is 2.07. The number of amides is 1. The number of hydrogen-bond acceptors (Lipinski definition) is 3. The molecule has 0 aliphatic carbocycles. The van der Waals surface area contributed by atoms with Crippen molar-refractivity contribution in [3.05, 3.63) is 87.3 Å². The van der Waals surface area contributed by atoms with E-state index in [2.05, 4.69) is 5.10 Å². The van der Waals surface area contributed by atoms with Gasteiger partial charge in [-0.25, -0.2) is 13.5 Å². The number of halogens is 3. The van der Waals surface area contributed by atoms with Crippen LogP contribution in [0.1, 0.15) is 24.3 Å². The van der Waals surface area contributed by atoms with E-state index in [1.54, 1.807) is 13.8 Å². The lowest BCUT2D eigenvalue weighted by atomic mass is 10.2. The number of carbonyl (C=O) groups excluding carboxylic acids is 1. The fraction of sp³-hybridized carbons (Fsp3) is 0.150. The molecule has 0 radical (unpaired) electrons. The first-order valence-electron chi connectivity index (χ1n) is 8.42. The zero-order chi connectivity index (χ0) is 20.4. The summed E-state index contributed by atoms with van der Waals surface area (Å²) in [7, 11) is 0. The molecule has 0 fully saturated rings. The van der Waals surface area contributed by atoms with E-state index >= 15 is 0 Å². The Labute approximate surface area is 164 Å². The van der Waals surface area contributed by atoms with Crippen LogP contribution in [0.15, 0.2) is 59.5 Å². The number of nitrogens with zero attached hydrogens (tertiary/aromatic N) is 3. The highest BCUT2D eigenvalue weighted by Gasteiger charge is 2.26. The molecule has 144 valence electrons. The van der Waals surface area contributed by atoms with Crippen LogP contribution in [0.4, 0.5) is 14.5 Å². The van der Waals surface area contributed by atoms with Crippen LogP contribution in [0.2, 0.25) is 5.02 Å². The number of hydrogen-bond donors (Lipinski definition) is 0. The van der Waals surface area contributed by atoms with Crippen LogP contribution in [0, 0.1) is 11.6 Å². The maximum atomic E-state index is 13.4. The number of carbonyl (C=O) groups is 1. The summed E-state index contributed by atoms with van der Waals surface area (Å²) >= 11 is 6.11. The van der Waals surface area contributed by atoms with Gasteiger partial charge in [-0.15, -0.1) is 0 Å². The summed E-state index contributed by atoms with van der Waals surface area (Å²) in [5.41, 5.74) is -0.166. The van der Waals surface area contributed by atoms with E-state index in [9.17, 15) is 18.4 Å². The minimum Gasteiger partial charge on any atom is -0.303 e. The predicted octanol–water partition coefficient (Wildman–Crippen LogP) is 4.22. The van der Waals surface area contributed by atoms with E-state index in [1.165, 1.54) is 58.2 Å². The molecule has 1 heterocycles. The SMILES string of the molecule is CC(C)N(C(=O)c1nn(-c2ccc(F)cc2)ccc1=O)c1ccc(F)cc1Cl. The maximum absolute atomic E-state index is 13.4. The molecule has 0 atom stereocenters. The van der Waals surface area contributed by atoms with Crippen molar-refractivity contribution in [2.45, 2.75) is 19.9 Å². The average molecular weight is 404 g/mol. The Hall–Kier alpha value is -3.06. The van der Waals surface area contributed by atoms with Gasteiger partial charge < -0.3 is 4.90 Å². The Morgan fingerprint density at radius 1 is 1.07 bits per heavy atom. The molecule has 1 aromatic heterocycles. The molecule has 0 N–H and O–H groups in total. The van der Waals surface area contributed by atoms with Crippen molar-refractivity contribution in [3.63, 3.8) is 0 Å². The zero-order valence-corrected chi connectivity index (χ0v) is 15.8. The maximum Gasteiger partial charge on any atom is 0.283 e. The highest BCUT2D eigenvalue weighted by Crippen LogP contribution is 2.29. The van der Waals surface area contributed by atoms with Gasteiger partial charge in [-0.3, -0.25) is 9.59 Å². The van der Waals surface area contributed by atoms with Crippen LogP contribution in [0.3, 0.4) is 0 Å². The van der Waals surface area contributed by atoms with Gasteiger partial charge in [0.15, 0.2) is 5.69 Å². The summed E-state index contributed by atoms with van der Waals surface area (Å²) in [6.45, 7) is 3.47.